The standard InChI is InChI=1S/C11H10F3NO3S/c1-15(6-11(12,13)14)10(18)8-4-2-7(19-8)3-5-9(16)17/h2-5H,6H2,1H3,(H,16,17)/b5-3+. The van der Waals surface area contributed by atoms with E-state index in [1.807, 2.05) is 0 Å². The van der Waals surface area contributed by atoms with E-state index in [1.165, 1.54) is 18.2 Å². The van der Waals surface area contributed by atoms with E-state index in [1.54, 1.807) is 0 Å². The third kappa shape index (κ3) is 5.12. The van der Waals surface area contributed by atoms with Gasteiger partial charge in [-0.15, -0.1) is 11.3 Å². The van der Waals surface area contributed by atoms with Crippen LogP contribution in [-0.4, -0.2) is 41.7 Å². The summed E-state index contributed by atoms with van der Waals surface area (Å²) in [6, 6.07) is 2.83. The van der Waals surface area contributed by atoms with Gasteiger partial charge in [0.1, 0.15) is 6.54 Å². The Balaban J connectivity index is 2.76. The van der Waals surface area contributed by atoms with Gasteiger partial charge in [0, 0.05) is 18.0 Å². The molecule has 1 aromatic heterocycles. The first kappa shape index (κ1) is 15.2. The number of rotatable bonds is 4. The Hall–Kier alpha value is -1.83. The lowest BCUT2D eigenvalue weighted by molar-refractivity contribution is -0.138. The molecule has 0 bridgehead atoms. The zero-order valence-corrected chi connectivity index (χ0v) is 10.6. The molecule has 0 aliphatic rings. The van der Waals surface area contributed by atoms with Gasteiger partial charge in [0.15, 0.2) is 0 Å². The fraction of sp³-hybridized carbons (Fsp3) is 0.273. The van der Waals surface area contributed by atoms with E-state index in [2.05, 4.69) is 0 Å². The van der Waals surface area contributed by atoms with Crippen molar-refractivity contribution in [2.24, 2.45) is 0 Å². The van der Waals surface area contributed by atoms with Crippen LogP contribution in [0.2, 0.25) is 0 Å². The summed E-state index contributed by atoms with van der Waals surface area (Å²) in [5.74, 6) is -1.90. The summed E-state index contributed by atoms with van der Waals surface area (Å²) in [6.07, 6.45) is -2.29. The van der Waals surface area contributed by atoms with Crippen molar-refractivity contribution in [2.45, 2.75) is 6.18 Å². The molecule has 19 heavy (non-hydrogen) atoms. The van der Waals surface area contributed by atoms with Gasteiger partial charge in [-0.05, 0) is 18.2 Å². The first-order chi connectivity index (χ1) is 8.69. The fourth-order valence-corrected chi connectivity index (χ4v) is 2.14. The highest BCUT2D eigenvalue weighted by Crippen LogP contribution is 2.21. The number of aliphatic carboxylic acids is 1. The van der Waals surface area contributed by atoms with Gasteiger partial charge < -0.3 is 10.0 Å². The number of nitrogens with zero attached hydrogens (tertiary/aromatic N) is 1. The second kappa shape index (κ2) is 5.87. The van der Waals surface area contributed by atoms with Crippen LogP contribution in [0.3, 0.4) is 0 Å². The van der Waals surface area contributed by atoms with E-state index in [9.17, 15) is 22.8 Å². The van der Waals surface area contributed by atoms with Crippen LogP contribution >= 0.6 is 11.3 Å². The van der Waals surface area contributed by atoms with Crippen LogP contribution in [0.15, 0.2) is 18.2 Å². The monoisotopic (exact) mass is 293 g/mol. The van der Waals surface area contributed by atoms with Crippen LogP contribution in [0.25, 0.3) is 6.08 Å². The first-order valence-electron chi connectivity index (χ1n) is 5.02. The number of thiophene rings is 1. The molecule has 0 radical (unpaired) electrons. The molecule has 0 aliphatic carbocycles. The van der Waals surface area contributed by atoms with E-state index in [4.69, 9.17) is 5.11 Å². The molecule has 1 N–H and O–H groups in total. The number of alkyl halides is 3. The van der Waals surface area contributed by atoms with E-state index in [0.29, 0.717) is 9.78 Å². The average molecular weight is 293 g/mol. The van der Waals surface area contributed by atoms with Crippen molar-refractivity contribution < 1.29 is 27.9 Å². The van der Waals surface area contributed by atoms with Crippen molar-refractivity contribution in [3.05, 3.63) is 28.0 Å². The van der Waals surface area contributed by atoms with E-state index in [-0.39, 0.29) is 4.88 Å². The van der Waals surface area contributed by atoms with Crippen molar-refractivity contribution in [1.82, 2.24) is 4.90 Å². The van der Waals surface area contributed by atoms with Gasteiger partial charge in [0.25, 0.3) is 5.91 Å². The minimum absolute atomic E-state index is 0.122. The highest BCUT2D eigenvalue weighted by Gasteiger charge is 2.31. The second-order valence-corrected chi connectivity index (χ2v) is 4.77. The Labute approximate surface area is 110 Å². The van der Waals surface area contributed by atoms with Gasteiger partial charge in [-0.3, -0.25) is 4.79 Å². The minimum Gasteiger partial charge on any atom is -0.478 e. The molecule has 1 rings (SSSR count). The molecule has 1 amide bonds. The normalized spacial score (nSPS) is 11.8. The topological polar surface area (TPSA) is 57.6 Å². The highest BCUT2D eigenvalue weighted by atomic mass is 32.1. The molecular weight excluding hydrogens is 283 g/mol. The predicted molar refractivity (Wildman–Crippen MR) is 64.0 cm³/mol. The molecule has 0 saturated carbocycles. The summed E-state index contributed by atoms with van der Waals surface area (Å²) in [5.41, 5.74) is 0. The molecule has 0 saturated heterocycles. The van der Waals surface area contributed by atoms with Crippen LogP contribution in [0.1, 0.15) is 14.5 Å². The lowest BCUT2D eigenvalue weighted by atomic mass is 10.3. The molecule has 0 atom stereocenters. The second-order valence-electron chi connectivity index (χ2n) is 3.65. The van der Waals surface area contributed by atoms with E-state index >= 15 is 0 Å². The first-order valence-corrected chi connectivity index (χ1v) is 5.84. The van der Waals surface area contributed by atoms with Crippen LogP contribution in [0, 0.1) is 0 Å². The molecule has 8 heteroatoms. The summed E-state index contributed by atoms with van der Waals surface area (Å²) in [4.78, 5) is 23.1. The minimum atomic E-state index is -4.45. The molecule has 0 aliphatic heterocycles. The summed E-state index contributed by atoms with van der Waals surface area (Å²) < 4.78 is 36.4. The van der Waals surface area contributed by atoms with Crippen LogP contribution < -0.4 is 0 Å². The van der Waals surface area contributed by atoms with Crippen molar-refractivity contribution in [1.29, 1.82) is 0 Å². The van der Waals surface area contributed by atoms with Gasteiger partial charge in [0.05, 0.1) is 4.88 Å². The number of hydrogen-bond donors (Lipinski definition) is 1. The molecule has 0 spiro atoms. The van der Waals surface area contributed by atoms with Gasteiger partial charge in [0.2, 0.25) is 0 Å². The van der Waals surface area contributed by atoms with Crippen molar-refractivity contribution >= 4 is 29.3 Å². The number of carbonyl (C=O) groups excluding carboxylic acids is 1. The van der Waals surface area contributed by atoms with Crippen molar-refractivity contribution in [3.63, 3.8) is 0 Å². The van der Waals surface area contributed by atoms with Gasteiger partial charge in [-0.2, -0.15) is 13.2 Å². The molecule has 0 unspecified atom stereocenters. The Morgan fingerprint density at radius 2 is 2.05 bits per heavy atom. The smallest absolute Gasteiger partial charge is 0.406 e. The number of hydrogen-bond acceptors (Lipinski definition) is 3. The number of carboxylic acid groups (broad SMARTS) is 1. The SMILES string of the molecule is CN(CC(F)(F)F)C(=O)c1ccc(/C=C/C(=O)O)s1. The third-order valence-corrected chi connectivity index (χ3v) is 3.03. The Morgan fingerprint density at radius 1 is 1.42 bits per heavy atom. The Bertz CT molecular complexity index is 508. The lowest BCUT2D eigenvalue weighted by Gasteiger charge is -2.17. The Kier molecular flexibility index (Phi) is 4.71. The molecule has 0 fully saturated rings. The third-order valence-electron chi connectivity index (χ3n) is 1.99. The maximum Gasteiger partial charge on any atom is 0.406 e. The number of carbonyl (C=O) groups is 2. The maximum absolute atomic E-state index is 12.1. The summed E-state index contributed by atoms with van der Waals surface area (Å²) in [6.45, 7) is -1.33. The quantitative estimate of drug-likeness (QED) is 0.868. The lowest BCUT2D eigenvalue weighted by Crippen LogP contribution is -2.35. The molecule has 1 heterocycles. The van der Waals surface area contributed by atoms with Gasteiger partial charge in [-0.25, -0.2) is 4.79 Å². The molecule has 1 aromatic rings. The predicted octanol–water partition coefficient (Wildman–Crippen LogP) is 2.48. The molecular formula is C11H10F3NO3S. The van der Waals surface area contributed by atoms with Crippen molar-refractivity contribution in [3.8, 4) is 0 Å². The zero-order chi connectivity index (χ0) is 14.6. The Morgan fingerprint density at radius 3 is 2.58 bits per heavy atom. The van der Waals surface area contributed by atoms with E-state index < -0.39 is 24.6 Å². The molecule has 0 aromatic carbocycles. The number of carboxylic acids is 1. The maximum atomic E-state index is 12.1. The average Bonchev–Trinajstić information content (AvgIpc) is 2.71. The van der Waals surface area contributed by atoms with E-state index in [0.717, 1.165) is 24.5 Å². The van der Waals surface area contributed by atoms with Gasteiger partial charge >= 0.3 is 12.1 Å². The summed E-state index contributed by atoms with van der Waals surface area (Å²) in [7, 11) is 1.06. The molecule has 104 valence electrons. The highest BCUT2D eigenvalue weighted by molar-refractivity contribution is 7.14. The van der Waals surface area contributed by atoms with Crippen LogP contribution in [0.4, 0.5) is 13.2 Å². The number of halogens is 3. The fourth-order valence-electron chi connectivity index (χ4n) is 1.24. The van der Waals surface area contributed by atoms with Crippen LogP contribution in [0.5, 0.6) is 0 Å². The largest absolute Gasteiger partial charge is 0.478 e. The summed E-state index contributed by atoms with van der Waals surface area (Å²) >= 11 is 0.929. The van der Waals surface area contributed by atoms with Gasteiger partial charge in [-0.1, -0.05) is 0 Å². The van der Waals surface area contributed by atoms with Crippen LogP contribution in [-0.2, 0) is 4.79 Å². The number of amides is 1. The molecule has 4 nitrogen and oxygen atoms in total. The summed E-state index contributed by atoms with van der Waals surface area (Å²) in [5, 5.41) is 8.42. The van der Waals surface area contributed by atoms with Crippen molar-refractivity contribution in [2.75, 3.05) is 13.6 Å². The zero-order valence-electron chi connectivity index (χ0n) is 9.77.